The van der Waals surface area contributed by atoms with E-state index in [0.717, 1.165) is 15.4 Å². The quantitative estimate of drug-likeness (QED) is 0.334. The van der Waals surface area contributed by atoms with E-state index in [0.29, 0.717) is 16.4 Å². The Morgan fingerprint density at radius 2 is 1.49 bits per heavy atom. The molecule has 4 rings (SSSR count). The first kappa shape index (κ1) is 28.0. The van der Waals surface area contributed by atoms with Gasteiger partial charge in [-0.1, -0.05) is 30.0 Å². The second kappa shape index (κ2) is 10.3. The number of anilines is 2. The molecular formula is C29H32N4O5S. The number of fused-ring (bicyclic) bond motifs is 1. The zero-order chi connectivity index (χ0) is 28.7. The molecule has 204 valence electrons. The van der Waals surface area contributed by atoms with Crippen LogP contribution in [0.1, 0.15) is 54.0 Å². The number of para-hydroxylation sites is 1. The van der Waals surface area contributed by atoms with Crippen LogP contribution in [0, 0.1) is 0 Å². The highest BCUT2D eigenvalue weighted by atomic mass is 32.2. The van der Waals surface area contributed by atoms with Crippen molar-refractivity contribution in [2.75, 3.05) is 10.6 Å². The number of carbonyl (C=O) groups excluding carboxylic acids is 3. The summed E-state index contributed by atoms with van der Waals surface area (Å²) in [6.45, 7) is 12.0. The molecule has 2 N–H and O–H groups in total. The number of thioether (sulfide) groups is 1. The normalized spacial score (nSPS) is 17.5. The monoisotopic (exact) mass is 548 g/mol. The molecule has 39 heavy (non-hydrogen) atoms. The molecule has 0 bridgehead atoms. The molecule has 0 spiro atoms. The summed E-state index contributed by atoms with van der Waals surface area (Å²) < 4.78 is 11.1. The van der Waals surface area contributed by atoms with Crippen LogP contribution in [0.15, 0.2) is 75.9 Å². The summed E-state index contributed by atoms with van der Waals surface area (Å²) in [5.74, 6) is -0.697. The van der Waals surface area contributed by atoms with Crippen LogP contribution in [-0.2, 0) is 14.3 Å². The third kappa shape index (κ3) is 6.17. The van der Waals surface area contributed by atoms with Crippen LogP contribution < -0.4 is 10.6 Å². The van der Waals surface area contributed by atoms with Gasteiger partial charge in [0, 0.05) is 21.1 Å². The zero-order valence-electron chi connectivity index (χ0n) is 23.1. The molecule has 0 aliphatic carbocycles. The molecule has 0 aromatic heterocycles. The van der Waals surface area contributed by atoms with E-state index in [1.165, 1.54) is 16.7 Å². The van der Waals surface area contributed by atoms with Gasteiger partial charge in [-0.15, -0.1) is 5.01 Å². The van der Waals surface area contributed by atoms with Crippen LogP contribution in [0.5, 0.6) is 0 Å². The fourth-order valence-corrected chi connectivity index (χ4v) is 4.92. The summed E-state index contributed by atoms with van der Waals surface area (Å²) in [6.07, 6.45) is 0.183. The van der Waals surface area contributed by atoms with Crippen LogP contribution in [-0.4, -0.2) is 40.0 Å². The molecule has 10 heteroatoms. The second-order valence-corrected chi connectivity index (χ2v) is 12.2. The van der Waals surface area contributed by atoms with Crippen molar-refractivity contribution >= 4 is 51.8 Å². The number of hydrogen-bond donors (Lipinski definition) is 1. The van der Waals surface area contributed by atoms with Crippen LogP contribution >= 0.6 is 11.8 Å². The Balaban J connectivity index is 1.89. The first-order valence-electron chi connectivity index (χ1n) is 12.4. The maximum Gasteiger partial charge on any atom is 0.438 e. The van der Waals surface area contributed by atoms with Crippen molar-refractivity contribution in [3.8, 4) is 0 Å². The van der Waals surface area contributed by atoms with Gasteiger partial charge in [0.15, 0.2) is 0 Å². The fourth-order valence-electron chi connectivity index (χ4n) is 3.94. The SMILES string of the molecule is CC1=NN(C(=O)OC(C)(C)C)C(=O)/C1=C1/C=C(Sc2ccc(N)cc2)c2ccccc2N1C(=O)OC(C)(C)C. The molecule has 2 aromatic carbocycles. The third-order valence-electron chi connectivity index (χ3n) is 5.44. The number of nitrogen functional groups attached to an aromatic ring is 1. The molecule has 0 radical (unpaired) electrons. The number of hydrogen-bond acceptors (Lipinski definition) is 8. The Bertz CT molecular complexity index is 1430. The molecule has 0 saturated carbocycles. The molecule has 2 heterocycles. The highest BCUT2D eigenvalue weighted by Gasteiger charge is 2.41. The Morgan fingerprint density at radius 3 is 2.10 bits per heavy atom. The molecule has 0 fully saturated rings. The van der Waals surface area contributed by atoms with Crippen molar-refractivity contribution in [1.29, 1.82) is 0 Å². The molecular weight excluding hydrogens is 516 g/mol. The summed E-state index contributed by atoms with van der Waals surface area (Å²) in [6, 6.07) is 14.8. The Kier molecular flexibility index (Phi) is 7.36. The Morgan fingerprint density at radius 1 is 0.897 bits per heavy atom. The Labute approximate surface area is 232 Å². The predicted molar refractivity (Wildman–Crippen MR) is 153 cm³/mol. The minimum absolute atomic E-state index is 0.0941. The highest BCUT2D eigenvalue weighted by Crippen LogP contribution is 2.46. The number of hydrazone groups is 1. The van der Waals surface area contributed by atoms with Crippen molar-refractivity contribution < 1.29 is 23.9 Å². The number of allylic oxidation sites excluding steroid dienone is 1. The topological polar surface area (TPSA) is 115 Å². The van der Waals surface area contributed by atoms with Crippen LogP contribution in [0.2, 0.25) is 0 Å². The van der Waals surface area contributed by atoms with Crippen LogP contribution in [0.25, 0.3) is 4.91 Å². The molecule has 0 atom stereocenters. The van der Waals surface area contributed by atoms with Gasteiger partial charge in [0.05, 0.1) is 22.7 Å². The number of imide groups is 1. The lowest BCUT2D eigenvalue weighted by Crippen LogP contribution is -2.40. The highest BCUT2D eigenvalue weighted by molar-refractivity contribution is 8.08. The zero-order valence-corrected chi connectivity index (χ0v) is 23.9. The van der Waals surface area contributed by atoms with Crippen molar-refractivity contribution in [3.63, 3.8) is 0 Å². The minimum Gasteiger partial charge on any atom is -0.443 e. The first-order valence-corrected chi connectivity index (χ1v) is 13.2. The molecule has 2 aliphatic rings. The van der Waals surface area contributed by atoms with Crippen molar-refractivity contribution in [3.05, 3.63) is 71.4 Å². The lowest BCUT2D eigenvalue weighted by Gasteiger charge is -2.33. The van der Waals surface area contributed by atoms with Gasteiger partial charge in [-0.25, -0.2) is 14.5 Å². The van der Waals surface area contributed by atoms with E-state index < -0.39 is 29.3 Å². The lowest BCUT2D eigenvalue weighted by molar-refractivity contribution is -0.125. The van der Waals surface area contributed by atoms with Gasteiger partial charge >= 0.3 is 12.2 Å². The number of benzene rings is 2. The third-order valence-corrected chi connectivity index (χ3v) is 6.51. The maximum atomic E-state index is 13.6. The summed E-state index contributed by atoms with van der Waals surface area (Å²) in [7, 11) is 0. The smallest absolute Gasteiger partial charge is 0.438 e. The number of rotatable bonds is 2. The predicted octanol–water partition coefficient (Wildman–Crippen LogP) is 6.56. The average molecular weight is 549 g/mol. The van der Waals surface area contributed by atoms with E-state index in [2.05, 4.69) is 5.10 Å². The number of amides is 3. The van der Waals surface area contributed by atoms with Crippen molar-refractivity contribution in [2.45, 2.75) is 64.6 Å². The number of nitrogens with zero attached hydrogens (tertiary/aromatic N) is 3. The van der Waals surface area contributed by atoms with Gasteiger partial charge in [-0.3, -0.25) is 4.79 Å². The molecule has 2 aromatic rings. The van der Waals surface area contributed by atoms with E-state index >= 15 is 0 Å². The fraction of sp³-hybridized carbons (Fsp3) is 0.310. The minimum atomic E-state index is -0.900. The molecule has 2 aliphatic heterocycles. The van der Waals surface area contributed by atoms with Gasteiger partial charge < -0.3 is 15.2 Å². The van der Waals surface area contributed by atoms with Gasteiger partial charge in [0.1, 0.15) is 11.2 Å². The summed E-state index contributed by atoms with van der Waals surface area (Å²) >= 11 is 1.46. The summed E-state index contributed by atoms with van der Waals surface area (Å²) in [5, 5.41) is 4.88. The van der Waals surface area contributed by atoms with E-state index in [-0.39, 0.29) is 17.0 Å². The van der Waals surface area contributed by atoms with E-state index in [1.807, 2.05) is 24.3 Å². The van der Waals surface area contributed by atoms with Crippen LogP contribution in [0.4, 0.5) is 21.0 Å². The molecule has 0 unspecified atom stereocenters. The number of nitrogens with two attached hydrogens (primary N) is 1. The Hall–Kier alpha value is -4.05. The maximum absolute atomic E-state index is 13.6. The van der Waals surface area contributed by atoms with E-state index in [1.54, 1.807) is 78.8 Å². The molecule has 3 amide bonds. The average Bonchev–Trinajstić information content (AvgIpc) is 3.11. The van der Waals surface area contributed by atoms with Gasteiger partial charge in [0.25, 0.3) is 5.91 Å². The molecule has 0 saturated heterocycles. The lowest BCUT2D eigenvalue weighted by atomic mass is 10.0. The van der Waals surface area contributed by atoms with Crippen LogP contribution in [0.3, 0.4) is 0 Å². The van der Waals surface area contributed by atoms with Gasteiger partial charge in [0.2, 0.25) is 0 Å². The van der Waals surface area contributed by atoms with Gasteiger partial charge in [-0.2, -0.15) is 5.10 Å². The van der Waals surface area contributed by atoms with E-state index in [9.17, 15) is 14.4 Å². The summed E-state index contributed by atoms with van der Waals surface area (Å²) in [4.78, 5) is 43.1. The van der Waals surface area contributed by atoms with Crippen molar-refractivity contribution in [2.24, 2.45) is 5.10 Å². The first-order chi connectivity index (χ1) is 18.1. The van der Waals surface area contributed by atoms with Crippen molar-refractivity contribution in [1.82, 2.24) is 5.01 Å². The van der Waals surface area contributed by atoms with Gasteiger partial charge in [-0.05, 0) is 84.9 Å². The van der Waals surface area contributed by atoms with E-state index in [4.69, 9.17) is 15.2 Å². The number of ether oxygens (including phenoxy) is 2. The molecule has 9 nitrogen and oxygen atoms in total. The standard InChI is InChI=1S/C29H32N4O5S/c1-17-24(25(34)33(31-17)27(36)38-29(5,6)7)22-16-23(39-19-14-12-18(30)13-15-19)20-10-8-9-11-21(20)32(22)26(35)37-28(2,3)4/h8-16H,30H2,1-7H3/b24-22-. The number of carbonyl (C=O) groups is 3. The second-order valence-electron chi connectivity index (χ2n) is 11.1. The largest absolute Gasteiger partial charge is 0.443 e. The summed E-state index contributed by atoms with van der Waals surface area (Å²) in [5.41, 5.74) is 6.80.